The Morgan fingerprint density at radius 1 is 1.06 bits per heavy atom. The Morgan fingerprint density at radius 2 is 1.83 bits per heavy atom. The fourth-order valence-corrected chi connectivity index (χ4v) is 2.46. The highest BCUT2D eigenvalue weighted by atomic mass is 15.1. The molecule has 0 saturated carbocycles. The van der Waals surface area contributed by atoms with Crippen molar-refractivity contribution in [3.8, 4) is 11.1 Å². The lowest BCUT2D eigenvalue weighted by Crippen LogP contribution is -1.90. The molecule has 18 heavy (non-hydrogen) atoms. The lowest BCUT2D eigenvalue weighted by atomic mass is 9.99. The molecule has 1 aromatic carbocycles. The van der Waals surface area contributed by atoms with Crippen molar-refractivity contribution < 1.29 is 0 Å². The second-order valence-corrected chi connectivity index (χ2v) is 4.64. The molecule has 0 aliphatic rings. The third-order valence-electron chi connectivity index (χ3n) is 3.24. The fourth-order valence-electron chi connectivity index (χ4n) is 2.46. The first kappa shape index (κ1) is 11.0. The summed E-state index contributed by atoms with van der Waals surface area (Å²) in [5.41, 5.74) is 6.60. The van der Waals surface area contributed by atoms with Crippen LogP contribution in [0.5, 0.6) is 0 Å². The van der Waals surface area contributed by atoms with Crippen molar-refractivity contribution in [3.63, 3.8) is 0 Å². The van der Waals surface area contributed by atoms with Gasteiger partial charge in [0.05, 0.1) is 11.2 Å². The summed E-state index contributed by atoms with van der Waals surface area (Å²) in [6, 6.07) is 10.4. The lowest BCUT2D eigenvalue weighted by Gasteiger charge is -2.08. The van der Waals surface area contributed by atoms with Crippen molar-refractivity contribution in [2.75, 3.05) is 0 Å². The van der Waals surface area contributed by atoms with Gasteiger partial charge in [-0.25, -0.2) is 0 Å². The summed E-state index contributed by atoms with van der Waals surface area (Å²) in [5, 5.41) is 8.51. The van der Waals surface area contributed by atoms with Crippen molar-refractivity contribution in [1.82, 2.24) is 15.2 Å². The van der Waals surface area contributed by atoms with Gasteiger partial charge in [0, 0.05) is 22.3 Å². The molecule has 0 unspecified atom stereocenters. The van der Waals surface area contributed by atoms with Crippen LogP contribution in [0.25, 0.3) is 22.0 Å². The van der Waals surface area contributed by atoms with Crippen molar-refractivity contribution in [3.05, 3.63) is 47.4 Å². The summed E-state index contributed by atoms with van der Waals surface area (Å²) in [4.78, 5) is 4.57. The zero-order valence-corrected chi connectivity index (χ0v) is 10.8. The van der Waals surface area contributed by atoms with Gasteiger partial charge in [0.1, 0.15) is 0 Å². The van der Waals surface area contributed by atoms with E-state index in [2.05, 4.69) is 40.3 Å². The summed E-state index contributed by atoms with van der Waals surface area (Å²) in [5.74, 6) is 0. The van der Waals surface area contributed by atoms with Gasteiger partial charge in [-0.05, 0) is 38.5 Å². The molecule has 1 N–H and O–H groups in total. The van der Waals surface area contributed by atoms with Crippen LogP contribution in [-0.2, 0) is 0 Å². The van der Waals surface area contributed by atoms with Crippen LogP contribution in [0.2, 0.25) is 0 Å². The molecule has 90 valence electrons. The number of benzene rings is 1. The highest BCUT2D eigenvalue weighted by Crippen LogP contribution is 2.31. The van der Waals surface area contributed by atoms with E-state index in [9.17, 15) is 0 Å². The number of aromatic amines is 1. The van der Waals surface area contributed by atoms with E-state index in [1.165, 1.54) is 16.5 Å². The number of nitrogens with zero attached hydrogens (tertiary/aromatic N) is 2. The quantitative estimate of drug-likeness (QED) is 0.703. The first-order chi connectivity index (χ1) is 8.66. The predicted octanol–water partition coefficient (Wildman–Crippen LogP) is 3.55. The van der Waals surface area contributed by atoms with Gasteiger partial charge in [0.2, 0.25) is 0 Å². The maximum absolute atomic E-state index is 4.57. The average Bonchev–Trinajstić information content (AvgIpc) is 2.68. The van der Waals surface area contributed by atoms with Gasteiger partial charge in [-0.2, -0.15) is 5.10 Å². The lowest BCUT2D eigenvalue weighted by molar-refractivity contribution is 1.02. The van der Waals surface area contributed by atoms with Gasteiger partial charge in [0.15, 0.2) is 0 Å². The maximum atomic E-state index is 4.57. The molecule has 3 nitrogen and oxygen atoms in total. The zero-order valence-electron chi connectivity index (χ0n) is 10.8. The molecule has 0 atom stereocenters. The summed E-state index contributed by atoms with van der Waals surface area (Å²) in [7, 11) is 0. The molecule has 2 aromatic heterocycles. The molecule has 3 aromatic rings. The fraction of sp³-hybridized carbons (Fsp3) is 0.200. The average molecular weight is 237 g/mol. The van der Waals surface area contributed by atoms with E-state index in [0.717, 1.165) is 22.6 Å². The van der Waals surface area contributed by atoms with Crippen molar-refractivity contribution in [1.29, 1.82) is 0 Å². The summed E-state index contributed by atoms with van der Waals surface area (Å²) >= 11 is 0. The molecule has 0 bridgehead atoms. The number of rotatable bonds is 1. The van der Waals surface area contributed by atoms with Crippen LogP contribution < -0.4 is 0 Å². The Morgan fingerprint density at radius 3 is 2.56 bits per heavy atom. The van der Waals surface area contributed by atoms with E-state index in [0.29, 0.717) is 0 Å². The molecule has 0 saturated heterocycles. The normalized spacial score (nSPS) is 11.1. The molecule has 2 heterocycles. The Hall–Kier alpha value is -2.16. The zero-order chi connectivity index (χ0) is 12.7. The number of aryl methyl sites for hydroxylation is 3. The van der Waals surface area contributed by atoms with E-state index >= 15 is 0 Å². The predicted molar refractivity (Wildman–Crippen MR) is 73.5 cm³/mol. The highest BCUT2D eigenvalue weighted by molar-refractivity contribution is 5.95. The van der Waals surface area contributed by atoms with Crippen molar-refractivity contribution in [2.45, 2.75) is 20.8 Å². The number of H-pyrrole nitrogens is 1. The molecular formula is C15H15N3. The number of nitrogens with one attached hydrogen (secondary N) is 1. The van der Waals surface area contributed by atoms with Gasteiger partial charge in [-0.1, -0.05) is 18.2 Å². The van der Waals surface area contributed by atoms with Crippen LogP contribution >= 0.6 is 0 Å². The molecule has 3 heteroatoms. The van der Waals surface area contributed by atoms with Crippen LogP contribution in [0.3, 0.4) is 0 Å². The van der Waals surface area contributed by atoms with Crippen molar-refractivity contribution in [2.24, 2.45) is 0 Å². The summed E-state index contributed by atoms with van der Waals surface area (Å²) in [6.45, 7) is 6.12. The minimum Gasteiger partial charge on any atom is -0.282 e. The third kappa shape index (κ3) is 1.59. The molecule has 0 aliphatic heterocycles. The van der Waals surface area contributed by atoms with Crippen LogP contribution in [0.15, 0.2) is 30.3 Å². The molecule has 0 aliphatic carbocycles. The molecule has 0 fully saturated rings. The van der Waals surface area contributed by atoms with Crippen LogP contribution in [0.4, 0.5) is 0 Å². The maximum Gasteiger partial charge on any atom is 0.0711 e. The molecule has 0 spiro atoms. The highest BCUT2D eigenvalue weighted by Gasteiger charge is 2.13. The standard InChI is InChI=1S/C15H15N3/c1-9-8-13(15-10(2)17-18-11(15)3)12-6-4-5-7-14(12)16-9/h4-8H,1-3H3,(H,17,18). The van der Waals surface area contributed by atoms with Gasteiger partial charge in [0.25, 0.3) is 0 Å². The van der Waals surface area contributed by atoms with Crippen molar-refractivity contribution >= 4 is 10.9 Å². The number of fused-ring (bicyclic) bond motifs is 1. The minimum absolute atomic E-state index is 1.03. The van der Waals surface area contributed by atoms with Crippen LogP contribution in [0.1, 0.15) is 17.1 Å². The van der Waals surface area contributed by atoms with E-state index < -0.39 is 0 Å². The van der Waals surface area contributed by atoms with Crippen LogP contribution in [-0.4, -0.2) is 15.2 Å². The third-order valence-corrected chi connectivity index (χ3v) is 3.24. The van der Waals surface area contributed by atoms with E-state index in [4.69, 9.17) is 0 Å². The molecular weight excluding hydrogens is 222 g/mol. The topological polar surface area (TPSA) is 41.6 Å². The van der Waals surface area contributed by atoms with Gasteiger partial charge in [-0.15, -0.1) is 0 Å². The monoisotopic (exact) mass is 237 g/mol. The number of aromatic nitrogens is 3. The number of hydrogen-bond donors (Lipinski definition) is 1. The Bertz CT molecular complexity index is 706. The van der Waals surface area contributed by atoms with Gasteiger partial charge in [-0.3, -0.25) is 10.1 Å². The summed E-state index contributed by atoms with van der Waals surface area (Å²) < 4.78 is 0. The SMILES string of the molecule is Cc1cc(-c2c(C)n[nH]c2C)c2ccccc2n1. The molecule has 3 rings (SSSR count). The minimum atomic E-state index is 1.03. The van der Waals surface area contributed by atoms with Gasteiger partial charge < -0.3 is 0 Å². The van der Waals surface area contributed by atoms with E-state index in [-0.39, 0.29) is 0 Å². The number of hydrogen-bond acceptors (Lipinski definition) is 2. The number of para-hydroxylation sites is 1. The van der Waals surface area contributed by atoms with Gasteiger partial charge >= 0.3 is 0 Å². The Balaban J connectivity index is 2.42. The Labute approximate surface area is 106 Å². The van der Waals surface area contributed by atoms with E-state index in [1.54, 1.807) is 0 Å². The first-order valence-electron chi connectivity index (χ1n) is 6.05. The van der Waals surface area contributed by atoms with Crippen LogP contribution in [0, 0.1) is 20.8 Å². The largest absolute Gasteiger partial charge is 0.282 e. The second-order valence-electron chi connectivity index (χ2n) is 4.64. The smallest absolute Gasteiger partial charge is 0.0711 e. The molecule has 0 amide bonds. The first-order valence-corrected chi connectivity index (χ1v) is 6.05. The molecule has 0 radical (unpaired) electrons. The number of pyridine rings is 1. The summed E-state index contributed by atoms with van der Waals surface area (Å²) in [6.07, 6.45) is 0. The van der Waals surface area contributed by atoms with E-state index in [1.807, 2.05) is 26.0 Å². The second kappa shape index (κ2) is 3.95. The Kier molecular flexibility index (Phi) is 2.40.